The molecule has 0 amide bonds. The molecule has 78 valence electrons. The van der Waals surface area contributed by atoms with Gasteiger partial charge in [0.1, 0.15) is 0 Å². The first-order chi connectivity index (χ1) is 6.59. The van der Waals surface area contributed by atoms with Crippen molar-refractivity contribution in [1.82, 2.24) is 9.88 Å². The minimum Gasteiger partial charge on any atom is -0.353 e. The summed E-state index contributed by atoms with van der Waals surface area (Å²) in [5.41, 5.74) is 1.67. The molecule has 14 heavy (non-hydrogen) atoms. The summed E-state index contributed by atoms with van der Waals surface area (Å²) in [5, 5.41) is 3.64. The number of rotatable bonds is 4. The van der Waals surface area contributed by atoms with Crippen LogP contribution < -0.4 is 5.32 Å². The summed E-state index contributed by atoms with van der Waals surface area (Å²) in [6.07, 6.45) is 4.89. The molecule has 1 aliphatic rings. The van der Waals surface area contributed by atoms with Gasteiger partial charge in [0.05, 0.1) is 0 Å². The summed E-state index contributed by atoms with van der Waals surface area (Å²) in [6.45, 7) is 5.61. The Morgan fingerprint density at radius 1 is 1.50 bits per heavy atom. The topological polar surface area (TPSA) is 17.0 Å². The first-order valence-corrected chi connectivity index (χ1v) is 5.45. The quantitative estimate of drug-likeness (QED) is 0.774. The summed E-state index contributed by atoms with van der Waals surface area (Å²) in [6, 6.07) is 4.27. The first-order valence-electron chi connectivity index (χ1n) is 5.45. The van der Waals surface area contributed by atoms with Crippen molar-refractivity contribution in [1.29, 1.82) is 0 Å². The first kappa shape index (κ1) is 9.78. The average molecular weight is 192 g/mol. The standard InChI is InChI=1S/C12H20N2/c1-12(2,10-6-7-10)13-9-11-5-4-8-14(11)3/h4-5,8,10,13H,6-7,9H2,1-3H3. The van der Waals surface area contributed by atoms with Crippen LogP contribution in [0.25, 0.3) is 0 Å². The number of hydrogen-bond acceptors (Lipinski definition) is 1. The van der Waals surface area contributed by atoms with E-state index in [-0.39, 0.29) is 0 Å². The third kappa shape index (κ3) is 2.01. The van der Waals surface area contributed by atoms with Crippen LogP contribution in [-0.4, -0.2) is 10.1 Å². The van der Waals surface area contributed by atoms with Crippen LogP contribution in [0.2, 0.25) is 0 Å². The van der Waals surface area contributed by atoms with Crippen LogP contribution in [0.15, 0.2) is 18.3 Å². The Morgan fingerprint density at radius 2 is 2.21 bits per heavy atom. The fourth-order valence-corrected chi connectivity index (χ4v) is 1.95. The zero-order valence-corrected chi connectivity index (χ0v) is 9.38. The predicted octanol–water partition coefficient (Wildman–Crippen LogP) is 2.30. The van der Waals surface area contributed by atoms with Gasteiger partial charge in [0.25, 0.3) is 0 Å². The predicted molar refractivity (Wildman–Crippen MR) is 59.1 cm³/mol. The molecule has 1 aliphatic carbocycles. The molecular formula is C12H20N2. The second-order valence-electron chi connectivity index (χ2n) is 4.96. The molecule has 1 aromatic heterocycles. The van der Waals surface area contributed by atoms with E-state index >= 15 is 0 Å². The van der Waals surface area contributed by atoms with Crippen molar-refractivity contribution in [2.24, 2.45) is 13.0 Å². The van der Waals surface area contributed by atoms with Gasteiger partial charge < -0.3 is 9.88 Å². The Labute approximate surface area is 86.3 Å². The maximum Gasteiger partial charge on any atom is 0.0363 e. The number of hydrogen-bond donors (Lipinski definition) is 1. The Bertz CT molecular complexity index is 308. The Balaban J connectivity index is 1.90. The molecule has 1 aromatic rings. The number of aromatic nitrogens is 1. The highest BCUT2D eigenvalue weighted by Crippen LogP contribution is 2.39. The second kappa shape index (κ2) is 3.43. The lowest BCUT2D eigenvalue weighted by molar-refractivity contribution is 0.336. The van der Waals surface area contributed by atoms with Crippen molar-refractivity contribution in [3.8, 4) is 0 Å². The van der Waals surface area contributed by atoms with Crippen molar-refractivity contribution in [3.63, 3.8) is 0 Å². The van der Waals surface area contributed by atoms with E-state index in [1.165, 1.54) is 18.5 Å². The third-order valence-electron chi connectivity index (χ3n) is 3.37. The van der Waals surface area contributed by atoms with Gasteiger partial charge in [-0.2, -0.15) is 0 Å². The van der Waals surface area contributed by atoms with Gasteiger partial charge in [-0.3, -0.25) is 0 Å². The number of aryl methyl sites for hydroxylation is 1. The molecule has 1 saturated carbocycles. The van der Waals surface area contributed by atoms with Crippen molar-refractivity contribution < 1.29 is 0 Å². The smallest absolute Gasteiger partial charge is 0.0363 e. The molecule has 2 nitrogen and oxygen atoms in total. The monoisotopic (exact) mass is 192 g/mol. The molecule has 0 unspecified atom stereocenters. The normalized spacial score (nSPS) is 17.4. The summed E-state index contributed by atoms with van der Waals surface area (Å²) < 4.78 is 2.18. The highest BCUT2D eigenvalue weighted by atomic mass is 15.0. The van der Waals surface area contributed by atoms with Crippen LogP contribution in [0.1, 0.15) is 32.4 Å². The molecule has 2 rings (SSSR count). The zero-order valence-electron chi connectivity index (χ0n) is 9.38. The van der Waals surface area contributed by atoms with Crippen molar-refractivity contribution in [2.45, 2.75) is 38.8 Å². The summed E-state index contributed by atoms with van der Waals surface area (Å²) >= 11 is 0. The fraction of sp³-hybridized carbons (Fsp3) is 0.667. The molecule has 1 fully saturated rings. The van der Waals surface area contributed by atoms with Gasteiger partial charge in [-0.25, -0.2) is 0 Å². The Morgan fingerprint density at radius 3 is 2.71 bits per heavy atom. The van der Waals surface area contributed by atoms with Crippen LogP contribution in [0, 0.1) is 5.92 Å². The SMILES string of the molecule is Cn1cccc1CNC(C)(C)C1CC1. The molecule has 0 radical (unpaired) electrons. The van der Waals surface area contributed by atoms with Gasteiger partial charge in [-0.05, 0) is 44.7 Å². The van der Waals surface area contributed by atoms with E-state index in [2.05, 4.69) is 49.1 Å². The summed E-state index contributed by atoms with van der Waals surface area (Å²) in [5.74, 6) is 0.891. The van der Waals surface area contributed by atoms with E-state index < -0.39 is 0 Å². The number of nitrogens with one attached hydrogen (secondary N) is 1. The van der Waals surface area contributed by atoms with E-state index in [0.29, 0.717) is 5.54 Å². The summed E-state index contributed by atoms with van der Waals surface area (Å²) in [4.78, 5) is 0. The molecule has 0 aliphatic heterocycles. The maximum atomic E-state index is 3.64. The summed E-state index contributed by atoms with van der Waals surface area (Å²) in [7, 11) is 2.10. The van der Waals surface area contributed by atoms with Gasteiger partial charge in [0.15, 0.2) is 0 Å². The average Bonchev–Trinajstić information content (AvgIpc) is 2.89. The lowest BCUT2D eigenvalue weighted by Gasteiger charge is -2.26. The van der Waals surface area contributed by atoms with Crippen LogP contribution in [0.5, 0.6) is 0 Å². The van der Waals surface area contributed by atoms with Crippen LogP contribution >= 0.6 is 0 Å². The second-order valence-corrected chi connectivity index (χ2v) is 4.96. The van der Waals surface area contributed by atoms with Crippen LogP contribution in [0.3, 0.4) is 0 Å². The Hall–Kier alpha value is -0.760. The molecule has 0 aromatic carbocycles. The van der Waals surface area contributed by atoms with Gasteiger partial charge in [0, 0.05) is 31.0 Å². The minimum atomic E-state index is 0.310. The lowest BCUT2D eigenvalue weighted by atomic mass is 9.99. The van der Waals surface area contributed by atoms with E-state index in [4.69, 9.17) is 0 Å². The largest absolute Gasteiger partial charge is 0.353 e. The molecular weight excluding hydrogens is 172 g/mol. The Kier molecular flexibility index (Phi) is 2.40. The van der Waals surface area contributed by atoms with Crippen LogP contribution in [-0.2, 0) is 13.6 Å². The van der Waals surface area contributed by atoms with Crippen molar-refractivity contribution >= 4 is 0 Å². The highest BCUT2D eigenvalue weighted by Gasteiger charge is 2.37. The fourth-order valence-electron chi connectivity index (χ4n) is 1.95. The molecule has 1 heterocycles. The lowest BCUT2D eigenvalue weighted by Crippen LogP contribution is -2.41. The van der Waals surface area contributed by atoms with E-state index in [1.54, 1.807) is 0 Å². The van der Waals surface area contributed by atoms with Gasteiger partial charge >= 0.3 is 0 Å². The molecule has 0 saturated heterocycles. The number of nitrogens with zero attached hydrogens (tertiary/aromatic N) is 1. The van der Waals surface area contributed by atoms with Gasteiger partial charge in [-0.15, -0.1) is 0 Å². The highest BCUT2D eigenvalue weighted by molar-refractivity contribution is 5.07. The van der Waals surface area contributed by atoms with Crippen molar-refractivity contribution in [2.75, 3.05) is 0 Å². The molecule has 0 atom stereocenters. The molecule has 0 bridgehead atoms. The zero-order chi connectivity index (χ0) is 10.2. The minimum absolute atomic E-state index is 0.310. The molecule has 0 spiro atoms. The molecule has 2 heteroatoms. The van der Waals surface area contributed by atoms with Crippen LogP contribution in [0.4, 0.5) is 0 Å². The maximum absolute atomic E-state index is 3.64. The van der Waals surface area contributed by atoms with Crippen molar-refractivity contribution in [3.05, 3.63) is 24.0 Å². The molecule has 1 N–H and O–H groups in total. The van der Waals surface area contributed by atoms with Gasteiger partial charge in [0.2, 0.25) is 0 Å². The third-order valence-corrected chi connectivity index (χ3v) is 3.37. The van der Waals surface area contributed by atoms with E-state index in [1.807, 2.05) is 0 Å². The van der Waals surface area contributed by atoms with E-state index in [0.717, 1.165) is 12.5 Å². The van der Waals surface area contributed by atoms with E-state index in [9.17, 15) is 0 Å². The van der Waals surface area contributed by atoms with Gasteiger partial charge in [-0.1, -0.05) is 0 Å².